The fourth-order valence-corrected chi connectivity index (χ4v) is 13.2. The van der Waals surface area contributed by atoms with Crippen molar-refractivity contribution in [1.82, 2.24) is 24.5 Å². The third-order valence-electron chi connectivity index (χ3n) is 19.1. The molecule has 0 aliphatic carbocycles. The predicted molar refractivity (Wildman–Crippen MR) is 385 cm³/mol. The smallest absolute Gasteiger partial charge is 0.242 e. The molecule has 0 spiro atoms. The summed E-state index contributed by atoms with van der Waals surface area (Å²) in [6, 6.07) is 29.9. The highest BCUT2D eigenvalue weighted by molar-refractivity contribution is 6.01. The molecule has 0 bridgehead atoms. The van der Waals surface area contributed by atoms with Crippen LogP contribution in [-0.2, 0) is 70.3 Å². The summed E-state index contributed by atoms with van der Waals surface area (Å²) in [5.74, 6) is 0.333. The van der Waals surface area contributed by atoms with Gasteiger partial charge in [0, 0.05) is 146 Å². The SMILES string of the molecule is CCN(CC)C1Cc2ccc(NC)cc2NC1=O.CNc1ccc2c(c1)NC(=O)C(N(C)CCOC)C2.CNc1ccc2c(c1)NC(=O)C(N(CCOC)CCOC)C2.CNc1ccc2c(c1)NC(=O)C(N1CCCC1)C2.CNc1ccc2c(c1)NC(=O)C(N1CC[C@@H](F)C1)C2. The van der Waals surface area contributed by atoms with E-state index in [1.807, 2.05) is 107 Å². The van der Waals surface area contributed by atoms with Gasteiger partial charge in [-0.25, -0.2) is 4.39 Å². The molecule has 7 aliphatic rings. The Balaban J connectivity index is 0.000000154. The number of likely N-dealkylation sites (tertiary alicyclic amines) is 2. The second-order valence-electron chi connectivity index (χ2n) is 25.0. The minimum absolute atomic E-state index is 0.0187. The number of carbonyl (C=O) groups excluding carboxylic acids is 5. The van der Waals surface area contributed by atoms with Crippen molar-refractivity contribution in [1.29, 1.82) is 0 Å². The predicted octanol–water partition coefficient (Wildman–Crippen LogP) is 7.61. The third-order valence-corrected chi connectivity index (χ3v) is 19.1. The van der Waals surface area contributed by atoms with E-state index in [1.54, 1.807) is 21.3 Å². The number of hydrogen-bond acceptors (Lipinski definition) is 18. The minimum atomic E-state index is -0.791. The van der Waals surface area contributed by atoms with Crippen molar-refractivity contribution in [3.8, 4) is 0 Å². The first-order valence-electron chi connectivity index (χ1n) is 33.8. The normalized spacial score (nSPS) is 20.8. The first-order chi connectivity index (χ1) is 46.5. The lowest BCUT2D eigenvalue weighted by Gasteiger charge is -2.34. The van der Waals surface area contributed by atoms with Crippen molar-refractivity contribution in [3.63, 3.8) is 0 Å². The lowest BCUT2D eigenvalue weighted by molar-refractivity contribution is -0.122. The quantitative estimate of drug-likeness (QED) is 0.0339. The van der Waals surface area contributed by atoms with Gasteiger partial charge >= 0.3 is 0 Å². The molecule has 96 heavy (non-hydrogen) atoms. The van der Waals surface area contributed by atoms with Crippen LogP contribution >= 0.6 is 0 Å². The number of amides is 5. The maximum atomic E-state index is 13.3. The molecular formula is C72H104FN15O8. The Labute approximate surface area is 567 Å². The molecule has 6 atom stereocenters. The first kappa shape index (κ1) is 73.9. The zero-order chi connectivity index (χ0) is 68.8. The molecule has 12 rings (SSSR count). The summed E-state index contributed by atoms with van der Waals surface area (Å²) in [6.07, 6.45) is 5.93. The van der Waals surface area contributed by atoms with E-state index in [0.29, 0.717) is 65.3 Å². The Hall–Kier alpha value is -7.94. The number of anilines is 10. The van der Waals surface area contributed by atoms with Crippen molar-refractivity contribution < 1.29 is 42.6 Å². The number of carbonyl (C=O) groups is 5. The van der Waals surface area contributed by atoms with Gasteiger partial charge in [0.2, 0.25) is 29.5 Å². The number of benzene rings is 5. The fourth-order valence-electron chi connectivity index (χ4n) is 13.2. The van der Waals surface area contributed by atoms with Crippen molar-refractivity contribution in [2.75, 3.05) is 196 Å². The zero-order valence-corrected chi connectivity index (χ0v) is 58.1. The van der Waals surface area contributed by atoms with Gasteiger partial charge in [-0.2, -0.15) is 0 Å². The number of halogens is 1. The van der Waals surface area contributed by atoms with Crippen LogP contribution in [0.3, 0.4) is 0 Å². The summed E-state index contributed by atoms with van der Waals surface area (Å²) >= 11 is 0. The van der Waals surface area contributed by atoms with Crippen LogP contribution in [0.2, 0.25) is 0 Å². The second kappa shape index (κ2) is 36.4. The van der Waals surface area contributed by atoms with Gasteiger partial charge in [-0.3, -0.25) is 48.5 Å². The Kier molecular flexibility index (Phi) is 28.0. The van der Waals surface area contributed by atoms with Gasteiger partial charge in [-0.05, 0) is 173 Å². The van der Waals surface area contributed by atoms with Crippen molar-refractivity contribution in [2.24, 2.45) is 0 Å². The maximum Gasteiger partial charge on any atom is 0.242 e. The maximum absolute atomic E-state index is 13.3. The van der Waals surface area contributed by atoms with E-state index in [2.05, 4.69) is 118 Å². The minimum Gasteiger partial charge on any atom is -0.388 e. The Morgan fingerprint density at radius 2 is 0.760 bits per heavy atom. The second-order valence-corrected chi connectivity index (χ2v) is 25.0. The molecule has 7 aliphatic heterocycles. The number of likely N-dealkylation sites (N-methyl/N-ethyl adjacent to an activating group) is 2. The van der Waals surface area contributed by atoms with E-state index in [4.69, 9.17) is 14.2 Å². The third kappa shape index (κ3) is 19.4. The van der Waals surface area contributed by atoms with Crippen LogP contribution in [0.25, 0.3) is 0 Å². The molecule has 2 fully saturated rings. The largest absolute Gasteiger partial charge is 0.388 e. The molecule has 2 saturated heterocycles. The monoisotopic (exact) mass is 1330 g/mol. The molecule has 5 aromatic carbocycles. The topological polar surface area (TPSA) is 250 Å². The molecule has 0 saturated carbocycles. The van der Waals surface area contributed by atoms with E-state index in [-0.39, 0.29) is 59.7 Å². The lowest BCUT2D eigenvalue weighted by atomic mass is 9.97. The van der Waals surface area contributed by atoms with Crippen LogP contribution in [0.5, 0.6) is 0 Å². The van der Waals surface area contributed by atoms with Crippen LogP contribution in [0, 0.1) is 0 Å². The van der Waals surface area contributed by atoms with Gasteiger partial charge in [-0.15, -0.1) is 0 Å². The summed E-state index contributed by atoms with van der Waals surface area (Å²) in [4.78, 5) is 71.7. The van der Waals surface area contributed by atoms with Crippen LogP contribution in [0.15, 0.2) is 91.0 Å². The highest BCUT2D eigenvalue weighted by Crippen LogP contribution is 2.34. The average molecular weight is 1330 g/mol. The fraction of sp³-hybridized carbons (Fsp3) is 0.514. The van der Waals surface area contributed by atoms with Crippen LogP contribution in [0.1, 0.15) is 60.9 Å². The lowest BCUT2D eigenvalue weighted by Crippen LogP contribution is -2.50. The number of nitrogens with one attached hydrogen (secondary N) is 10. The number of hydrogen-bond donors (Lipinski definition) is 10. The summed E-state index contributed by atoms with van der Waals surface area (Å²) in [5, 5.41) is 30.4. The number of rotatable bonds is 21. The molecule has 5 unspecified atom stereocenters. The molecule has 522 valence electrons. The van der Waals surface area contributed by atoms with Gasteiger partial charge in [0.05, 0.1) is 50.0 Å². The van der Waals surface area contributed by atoms with Crippen molar-refractivity contribution in [3.05, 3.63) is 119 Å². The van der Waals surface area contributed by atoms with Gasteiger partial charge in [-0.1, -0.05) is 44.2 Å². The van der Waals surface area contributed by atoms with Gasteiger partial charge in [0.15, 0.2) is 0 Å². The first-order valence-corrected chi connectivity index (χ1v) is 33.8. The van der Waals surface area contributed by atoms with Crippen LogP contribution in [0.4, 0.5) is 61.3 Å². The number of nitrogens with zero attached hydrogens (tertiary/aromatic N) is 5. The van der Waals surface area contributed by atoms with Crippen LogP contribution < -0.4 is 53.2 Å². The van der Waals surface area contributed by atoms with Crippen LogP contribution in [-0.4, -0.2) is 233 Å². The summed E-state index contributed by atoms with van der Waals surface area (Å²) in [6.45, 7) is 13.1. The molecule has 5 aromatic rings. The summed E-state index contributed by atoms with van der Waals surface area (Å²) < 4.78 is 28.6. The van der Waals surface area contributed by atoms with Gasteiger partial charge < -0.3 is 67.4 Å². The molecule has 7 heterocycles. The highest BCUT2D eigenvalue weighted by Gasteiger charge is 2.37. The molecule has 0 aromatic heterocycles. The van der Waals surface area contributed by atoms with E-state index in [1.165, 1.54) is 29.5 Å². The Bertz CT molecular complexity index is 3320. The number of alkyl halides is 1. The van der Waals surface area contributed by atoms with E-state index < -0.39 is 6.17 Å². The summed E-state index contributed by atoms with van der Waals surface area (Å²) in [7, 11) is 16.3. The van der Waals surface area contributed by atoms with Gasteiger partial charge in [0.25, 0.3) is 0 Å². The number of methoxy groups -OCH3 is 3. The van der Waals surface area contributed by atoms with Crippen molar-refractivity contribution in [2.45, 2.75) is 102 Å². The molecule has 5 amide bonds. The van der Waals surface area contributed by atoms with Gasteiger partial charge in [0.1, 0.15) is 6.17 Å². The summed E-state index contributed by atoms with van der Waals surface area (Å²) in [5.41, 5.74) is 15.5. The van der Waals surface area contributed by atoms with E-state index in [9.17, 15) is 28.4 Å². The average Bonchev–Trinajstić information content (AvgIpc) is 1.40. The molecule has 24 heteroatoms. The standard InChI is InChI=1S/C16H25N3O3.C14H18FN3O.C14H21N3O2.C14H19N3O.C14H21N3O/c1-17-13-5-4-12-10-15(16(20)18-14(12)11-13)19(6-8-21-2)7-9-22-3;1-16-11-3-2-9-6-13(14(19)17-12(9)7-11)18-5-4-10(15)8-18;1-15-11-5-4-10-8-13(17(2)6-7-19-3)14(18)16-12(10)9-11;1-15-11-5-4-10-8-13(17-6-2-3-7-17)14(18)16-12(10)9-11;1-4-17(5-2)13-8-10-6-7-11(15-3)9-12(10)16-14(13)18/h4-5,11,15,17H,6-10H2,1-3H3,(H,18,20);2-3,7,10,13,16H,4-6,8H2,1H3,(H,17,19);4-5,9,13,15H,6-8H2,1-3H3,(H,16,18);4-5,9,13,15H,2-3,6-8H2,1H3,(H,16,18);6-7,9,13,15H,4-5,8H2,1-3H3,(H,16,18)/t;10-,13?;;;/m.1.../s1. The number of ether oxygens (including phenoxy) is 3. The highest BCUT2D eigenvalue weighted by atomic mass is 19.1. The van der Waals surface area contributed by atoms with E-state index >= 15 is 0 Å². The molecule has 10 N–H and O–H groups in total. The Morgan fingerprint density at radius 1 is 0.438 bits per heavy atom. The molecular weight excluding hydrogens is 1220 g/mol. The molecule has 0 radical (unpaired) electrons. The number of fused-ring (bicyclic) bond motifs is 5. The molecule has 23 nitrogen and oxygen atoms in total. The Morgan fingerprint density at radius 3 is 1.10 bits per heavy atom. The van der Waals surface area contributed by atoms with E-state index in [0.717, 1.165) is 120 Å². The van der Waals surface area contributed by atoms with Crippen molar-refractivity contribution >= 4 is 86.4 Å². The zero-order valence-electron chi connectivity index (χ0n) is 58.1.